The molecule has 0 saturated heterocycles. The maximum Gasteiger partial charge on any atom is 0.244 e. The molecule has 0 unspecified atom stereocenters. The smallest absolute Gasteiger partial charge is 0.244 e. The molecule has 0 radical (unpaired) electrons. The number of para-hydroxylation sites is 1. The number of nitrogens with zero attached hydrogens (tertiary/aromatic N) is 3. The molecular weight excluding hydrogens is 437 g/mol. The average molecular weight is 464 g/mol. The number of carbonyl (C=O) groups excluding carboxylic acids is 1. The molecule has 0 aliphatic carbocycles. The summed E-state index contributed by atoms with van der Waals surface area (Å²) in [4.78, 5) is 21.4. The van der Waals surface area contributed by atoms with Crippen molar-refractivity contribution >= 4 is 42.4 Å². The van der Waals surface area contributed by atoms with E-state index in [9.17, 15) is 17.6 Å². The van der Waals surface area contributed by atoms with Crippen LogP contribution in [0.2, 0.25) is 0 Å². The van der Waals surface area contributed by atoms with Crippen molar-refractivity contribution in [2.75, 3.05) is 36.8 Å². The third-order valence-corrected chi connectivity index (χ3v) is 7.82. The van der Waals surface area contributed by atoms with Gasteiger partial charge in [-0.1, -0.05) is 37.3 Å². The molecule has 1 amide bonds. The summed E-state index contributed by atoms with van der Waals surface area (Å²) in [7, 11) is -3.91. The zero-order valence-electron chi connectivity index (χ0n) is 17.8. The van der Waals surface area contributed by atoms with Crippen molar-refractivity contribution in [3.8, 4) is 0 Å². The van der Waals surface area contributed by atoms with Crippen LogP contribution in [0.4, 0.5) is 9.52 Å². The largest absolute Gasteiger partial charge is 0.302 e. The number of halogens is 1. The van der Waals surface area contributed by atoms with Crippen LogP contribution in [0.1, 0.15) is 19.4 Å². The normalized spacial score (nSPS) is 11.9. The Morgan fingerprint density at radius 2 is 1.74 bits per heavy atom. The molecular formula is C22H26FN3O3S2. The van der Waals surface area contributed by atoms with Gasteiger partial charge in [-0.15, -0.1) is 0 Å². The molecule has 9 heteroatoms. The van der Waals surface area contributed by atoms with Crippen LogP contribution >= 0.6 is 11.3 Å². The molecule has 31 heavy (non-hydrogen) atoms. The minimum Gasteiger partial charge on any atom is -0.302 e. The third kappa shape index (κ3) is 5.47. The topological polar surface area (TPSA) is 70.6 Å². The number of aryl methyl sites for hydroxylation is 1. The minimum absolute atomic E-state index is 0.0777. The maximum atomic E-state index is 13.2. The van der Waals surface area contributed by atoms with E-state index in [4.69, 9.17) is 0 Å². The summed E-state index contributed by atoms with van der Waals surface area (Å²) in [6.07, 6.45) is 0. The number of rotatable bonds is 9. The second-order valence-electron chi connectivity index (χ2n) is 7.20. The van der Waals surface area contributed by atoms with Crippen molar-refractivity contribution in [2.24, 2.45) is 0 Å². The number of sulfone groups is 1. The van der Waals surface area contributed by atoms with E-state index in [2.05, 4.69) is 9.88 Å². The lowest BCUT2D eigenvalue weighted by molar-refractivity contribution is -0.116. The van der Waals surface area contributed by atoms with Gasteiger partial charge < -0.3 is 4.90 Å². The Hall–Kier alpha value is -2.36. The van der Waals surface area contributed by atoms with Crippen LogP contribution in [-0.2, 0) is 14.6 Å². The number of hydrogen-bond donors (Lipinski definition) is 0. The SMILES string of the molecule is CCN(CC)CCN(C(=O)CS(=O)(=O)c1ccc(F)cc1)c1nc2c(C)cccc2s1. The number of carbonyl (C=O) groups is 1. The molecule has 0 aliphatic rings. The lowest BCUT2D eigenvalue weighted by Crippen LogP contribution is -2.41. The maximum absolute atomic E-state index is 13.2. The summed E-state index contributed by atoms with van der Waals surface area (Å²) in [6.45, 7) is 8.61. The number of thiazole rings is 1. The molecule has 2 aromatic carbocycles. The summed E-state index contributed by atoms with van der Waals surface area (Å²) >= 11 is 1.37. The molecule has 1 aromatic heterocycles. The summed E-state index contributed by atoms with van der Waals surface area (Å²) in [5.74, 6) is -1.78. The first-order chi connectivity index (χ1) is 14.7. The molecule has 0 bridgehead atoms. The van der Waals surface area contributed by atoms with Crippen LogP contribution in [0.5, 0.6) is 0 Å². The molecule has 166 valence electrons. The molecule has 0 N–H and O–H groups in total. The van der Waals surface area contributed by atoms with Gasteiger partial charge in [-0.3, -0.25) is 9.69 Å². The highest BCUT2D eigenvalue weighted by molar-refractivity contribution is 7.92. The zero-order valence-corrected chi connectivity index (χ0v) is 19.5. The van der Waals surface area contributed by atoms with Crippen molar-refractivity contribution in [2.45, 2.75) is 25.7 Å². The first-order valence-electron chi connectivity index (χ1n) is 10.1. The van der Waals surface area contributed by atoms with Crippen LogP contribution in [-0.4, -0.2) is 56.1 Å². The van der Waals surface area contributed by atoms with Crippen LogP contribution in [0.3, 0.4) is 0 Å². The van der Waals surface area contributed by atoms with E-state index in [1.165, 1.54) is 28.4 Å². The van der Waals surface area contributed by atoms with E-state index in [-0.39, 0.29) is 4.90 Å². The number of benzene rings is 2. The highest BCUT2D eigenvalue weighted by Gasteiger charge is 2.27. The zero-order chi connectivity index (χ0) is 22.6. The van der Waals surface area contributed by atoms with Crippen molar-refractivity contribution in [3.63, 3.8) is 0 Å². The fourth-order valence-electron chi connectivity index (χ4n) is 3.26. The second-order valence-corrected chi connectivity index (χ2v) is 10.2. The van der Waals surface area contributed by atoms with Gasteiger partial charge in [-0.2, -0.15) is 0 Å². The summed E-state index contributed by atoms with van der Waals surface area (Å²) in [5.41, 5.74) is 1.81. The molecule has 0 aliphatic heterocycles. The van der Waals surface area contributed by atoms with E-state index >= 15 is 0 Å². The van der Waals surface area contributed by atoms with Crippen LogP contribution in [0.25, 0.3) is 10.2 Å². The molecule has 0 saturated carbocycles. The Bertz CT molecular complexity index is 1160. The number of fused-ring (bicyclic) bond motifs is 1. The summed E-state index contributed by atoms with van der Waals surface area (Å²) in [5, 5.41) is 0.482. The quantitative estimate of drug-likeness (QED) is 0.450. The predicted octanol–water partition coefficient (Wildman–Crippen LogP) is 3.89. The van der Waals surface area contributed by atoms with Crippen molar-refractivity contribution in [1.29, 1.82) is 0 Å². The number of anilines is 1. The second kappa shape index (κ2) is 9.84. The van der Waals surface area contributed by atoms with Gasteiger partial charge in [-0.05, 0) is 55.9 Å². The van der Waals surface area contributed by atoms with Crippen molar-refractivity contribution in [3.05, 3.63) is 53.8 Å². The Kier molecular flexibility index (Phi) is 7.40. The number of likely N-dealkylation sites (N-methyl/N-ethyl adjacent to an activating group) is 1. The number of aromatic nitrogens is 1. The van der Waals surface area contributed by atoms with E-state index in [1.54, 1.807) is 0 Å². The van der Waals surface area contributed by atoms with E-state index in [1.807, 2.05) is 39.0 Å². The van der Waals surface area contributed by atoms with Gasteiger partial charge in [0.15, 0.2) is 15.0 Å². The first kappa shape index (κ1) is 23.3. The Morgan fingerprint density at radius 3 is 2.35 bits per heavy atom. The molecule has 0 atom stereocenters. The van der Waals surface area contributed by atoms with Gasteiger partial charge >= 0.3 is 0 Å². The standard InChI is InChI=1S/C22H26FN3O3S2/c1-4-25(5-2)13-14-26(22-24-21-16(3)7-6-8-19(21)30-22)20(27)15-31(28,29)18-11-9-17(23)10-12-18/h6-12H,4-5,13-15H2,1-3H3. The van der Waals surface area contributed by atoms with Gasteiger partial charge in [0.1, 0.15) is 11.6 Å². The molecule has 1 heterocycles. The number of amides is 1. The van der Waals surface area contributed by atoms with E-state index in [0.29, 0.717) is 18.2 Å². The molecule has 3 aromatic rings. The van der Waals surface area contributed by atoms with Gasteiger partial charge in [0, 0.05) is 13.1 Å². The van der Waals surface area contributed by atoms with E-state index in [0.717, 1.165) is 41.0 Å². The molecule has 0 fully saturated rings. The summed E-state index contributed by atoms with van der Waals surface area (Å²) < 4.78 is 39.7. The third-order valence-electron chi connectivity index (χ3n) is 5.16. The first-order valence-corrected chi connectivity index (χ1v) is 12.6. The van der Waals surface area contributed by atoms with Gasteiger partial charge in [0.05, 0.1) is 15.1 Å². The van der Waals surface area contributed by atoms with Gasteiger partial charge in [0.25, 0.3) is 0 Å². The average Bonchev–Trinajstić information content (AvgIpc) is 3.16. The fourth-order valence-corrected chi connectivity index (χ4v) is 5.55. The lowest BCUT2D eigenvalue weighted by Gasteiger charge is -2.24. The fraction of sp³-hybridized carbons (Fsp3) is 0.364. The van der Waals surface area contributed by atoms with E-state index < -0.39 is 27.3 Å². The molecule has 0 spiro atoms. The number of hydrogen-bond acceptors (Lipinski definition) is 6. The Balaban J connectivity index is 1.91. The highest BCUT2D eigenvalue weighted by Crippen LogP contribution is 2.31. The highest BCUT2D eigenvalue weighted by atomic mass is 32.2. The van der Waals surface area contributed by atoms with Crippen molar-refractivity contribution < 1.29 is 17.6 Å². The Labute approximate surface area is 186 Å². The van der Waals surface area contributed by atoms with Crippen molar-refractivity contribution in [1.82, 2.24) is 9.88 Å². The Morgan fingerprint density at radius 1 is 1.06 bits per heavy atom. The van der Waals surface area contributed by atoms with Crippen LogP contribution in [0.15, 0.2) is 47.4 Å². The molecule has 3 rings (SSSR count). The van der Waals surface area contributed by atoms with Gasteiger partial charge in [0.2, 0.25) is 5.91 Å². The lowest BCUT2D eigenvalue weighted by atomic mass is 10.2. The minimum atomic E-state index is -3.91. The predicted molar refractivity (Wildman–Crippen MR) is 123 cm³/mol. The monoisotopic (exact) mass is 463 g/mol. The summed E-state index contributed by atoms with van der Waals surface area (Å²) in [6, 6.07) is 10.3. The van der Waals surface area contributed by atoms with Gasteiger partial charge in [-0.25, -0.2) is 17.8 Å². The molecule has 6 nitrogen and oxygen atoms in total. The van der Waals surface area contributed by atoms with Crippen LogP contribution in [0, 0.1) is 12.7 Å². The van der Waals surface area contributed by atoms with Crippen LogP contribution < -0.4 is 4.90 Å².